The number of hydrogen-bond donors (Lipinski definition) is 2. The molecule has 6 nitrogen and oxygen atoms in total. The van der Waals surface area contributed by atoms with Crippen molar-refractivity contribution in [2.75, 3.05) is 29.9 Å². The average Bonchev–Trinajstić information content (AvgIpc) is 2.68. The number of carboxylic acid groups (broad SMARTS) is 1. The summed E-state index contributed by atoms with van der Waals surface area (Å²) in [6.45, 7) is 1.67. The maximum atomic E-state index is 12.1. The molecule has 1 aliphatic rings. The number of nitrogens with zero attached hydrogens (tertiary/aromatic N) is 1. The van der Waals surface area contributed by atoms with Crippen molar-refractivity contribution < 1.29 is 19.4 Å². The molecule has 0 spiro atoms. The summed E-state index contributed by atoms with van der Waals surface area (Å²) in [6, 6.07) is 14.1. The number of carbonyl (C=O) groups excluding carboxylic acids is 1. The monoisotopic (exact) mass is 354 g/mol. The minimum Gasteiger partial charge on any atom is -0.484 e. The van der Waals surface area contributed by atoms with E-state index in [1.165, 1.54) is 6.42 Å². The maximum Gasteiger partial charge on any atom is 0.337 e. The normalized spacial score (nSPS) is 13.9. The lowest BCUT2D eigenvalue weighted by molar-refractivity contribution is -0.118. The fourth-order valence-corrected chi connectivity index (χ4v) is 3.02. The molecule has 0 unspecified atom stereocenters. The molecular formula is C20H22N2O4. The number of nitrogens with one attached hydrogen (secondary N) is 1. The summed E-state index contributed by atoms with van der Waals surface area (Å²) >= 11 is 0. The molecule has 0 saturated carbocycles. The highest BCUT2D eigenvalue weighted by Crippen LogP contribution is 2.26. The molecule has 1 aliphatic heterocycles. The van der Waals surface area contributed by atoms with Crippen molar-refractivity contribution in [3.63, 3.8) is 0 Å². The molecule has 1 fully saturated rings. The number of aromatic carboxylic acids is 1. The summed E-state index contributed by atoms with van der Waals surface area (Å²) < 4.78 is 5.39. The second-order valence-electron chi connectivity index (χ2n) is 6.23. The van der Waals surface area contributed by atoms with Gasteiger partial charge in [0.2, 0.25) is 0 Å². The highest BCUT2D eigenvalue weighted by molar-refractivity contribution is 6.01. The Balaban J connectivity index is 1.68. The van der Waals surface area contributed by atoms with E-state index in [9.17, 15) is 14.7 Å². The Kier molecular flexibility index (Phi) is 5.73. The third-order valence-electron chi connectivity index (χ3n) is 4.34. The lowest BCUT2D eigenvalue weighted by Gasteiger charge is -2.29. The molecule has 2 N–H and O–H groups in total. The number of rotatable bonds is 6. The Bertz CT molecular complexity index is 771. The van der Waals surface area contributed by atoms with Gasteiger partial charge in [-0.3, -0.25) is 4.79 Å². The van der Waals surface area contributed by atoms with Gasteiger partial charge in [-0.15, -0.1) is 0 Å². The minimum absolute atomic E-state index is 0.0844. The molecule has 1 amide bonds. The fraction of sp³-hybridized carbons (Fsp3) is 0.300. The van der Waals surface area contributed by atoms with Crippen molar-refractivity contribution in [3.05, 3.63) is 54.1 Å². The molecule has 26 heavy (non-hydrogen) atoms. The summed E-state index contributed by atoms with van der Waals surface area (Å²) in [6.07, 6.45) is 3.42. The predicted molar refractivity (Wildman–Crippen MR) is 100 cm³/mol. The standard InChI is InChI=1S/C20H22N2O4/c23-19(14-26-16-7-3-1-4-8-16)21-18-10-9-15(13-17(18)20(24)25)22-11-5-2-6-12-22/h1,3-4,7-10,13H,2,5-6,11-12,14H2,(H,21,23)(H,24,25). The van der Waals surface area contributed by atoms with Crippen molar-refractivity contribution in [2.24, 2.45) is 0 Å². The Morgan fingerprint density at radius 1 is 1.04 bits per heavy atom. The van der Waals surface area contributed by atoms with E-state index in [-0.39, 0.29) is 17.9 Å². The first-order valence-corrected chi connectivity index (χ1v) is 8.73. The summed E-state index contributed by atoms with van der Waals surface area (Å²) in [7, 11) is 0. The number of anilines is 2. The van der Waals surface area contributed by atoms with Crippen molar-refractivity contribution in [3.8, 4) is 5.75 Å². The number of hydrogen-bond acceptors (Lipinski definition) is 4. The third kappa shape index (κ3) is 4.53. The molecule has 3 rings (SSSR count). The topological polar surface area (TPSA) is 78.9 Å². The Labute approximate surface area is 152 Å². The van der Waals surface area contributed by atoms with Crippen molar-refractivity contribution in [2.45, 2.75) is 19.3 Å². The fourth-order valence-electron chi connectivity index (χ4n) is 3.02. The number of carboxylic acids is 1. The van der Waals surface area contributed by atoms with Crippen molar-refractivity contribution >= 4 is 23.3 Å². The zero-order chi connectivity index (χ0) is 18.4. The Hall–Kier alpha value is -3.02. The van der Waals surface area contributed by atoms with Crippen LogP contribution in [0, 0.1) is 0 Å². The number of piperidine rings is 1. The SMILES string of the molecule is O=C(COc1ccccc1)Nc1ccc(N2CCCCC2)cc1C(=O)O. The quantitative estimate of drug-likeness (QED) is 0.831. The van der Waals surface area contributed by atoms with Gasteiger partial charge in [0.1, 0.15) is 5.75 Å². The number of benzene rings is 2. The molecular weight excluding hydrogens is 332 g/mol. The van der Waals surface area contributed by atoms with E-state index >= 15 is 0 Å². The van der Waals surface area contributed by atoms with E-state index in [1.807, 2.05) is 24.3 Å². The minimum atomic E-state index is -1.07. The first-order valence-electron chi connectivity index (χ1n) is 8.73. The first-order chi connectivity index (χ1) is 12.6. The smallest absolute Gasteiger partial charge is 0.337 e. The van der Waals surface area contributed by atoms with Gasteiger partial charge in [0.15, 0.2) is 6.61 Å². The average molecular weight is 354 g/mol. The van der Waals surface area contributed by atoms with E-state index < -0.39 is 11.9 Å². The number of para-hydroxylation sites is 1. The van der Waals surface area contributed by atoms with Gasteiger partial charge in [-0.05, 0) is 49.6 Å². The molecule has 1 saturated heterocycles. The molecule has 136 valence electrons. The van der Waals surface area contributed by atoms with Crippen molar-refractivity contribution in [1.82, 2.24) is 0 Å². The molecule has 0 aliphatic carbocycles. The van der Waals surface area contributed by atoms with Crippen molar-refractivity contribution in [1.29, 1.82) is 0 Å². The van der Waals surface area contributed by atoms with Crippen LogP contribution in [0.1, 0.15) is 29.6 Å². The van der Waals surface area contributed by atoms with Crippen LogP contribution in [-0.2, 0) is 4.79 Å². The van der Waals surface area contributed by atoms with Gasteiger partial charge in [0, 0.05) is 18.8 Å². The first kappa shape index (κ1) is 17.8. The second kappa shape index (κ2) is 8.38. The van der Waals surface area contributed by atoms with Crippen LogP contribution >= 0.6 is 0 Å². The van der Waals surface area contributed by atoms with Gasteiger partial charge in [0.25, 0.3) is 5.91 Å². The van der Waals surface area contributed by atoms with Crippen LogP contribution in [0.2, 0.25) is 0 Å². The van der Waals surface area contributed by atoms with E-state index in [4.69, 9.17) is 4.74 Å². The van der Waals surface area contributed by atoms with Crippen LogP contribution in [0.3, 0.4) is 0 Å². The zero-order valence-electron chi connectivity index (χ0n) is 14.5. The van der Waals surface area contributed by atoms with Gasteiger partial charge < -0.3 is 20.1 Å². The summed E-state index contributed by atoms with van der Waals surface area (Å²) in [5.74, 6) is -0.883. The van der Waals surface area contributed by atoms with Gasteiger partial charge in [-0.25, -0.2) is 4.79 Å². The molecule has 0 atom stereocenters. The summed E-state index contributed by atoms with van der Waals surface area (Å²) in [5.41, 5.74) is 1.24. The van der Waals surface area contributed by atoms with Crippen LogP contribution < -0.4 is 15.0 Å². The van der Waals surface area contributed by atoms with Gasteiger partial charge >= 0.3 is 5.97 Å². The maximum absolute atomic E-state index is 12.1. The summed E-state index contributed by atoms with van der Waals surface area (Å²) in [5, 5.41) is 12.1. The van der Waals surface area contributed by atoms with Crippen LogP contribution in [-0.4, -0.2) is 36.7 Å². The van der Waals surface area contributed by atoms with Gasteiger partial charge in [-0.2, -0.15) is 0 Å². The van der Waals surface area contributed by atoms with Crippen LogP contribution in [0.4, 0.5) is 11.4 Å². The van der Waals surface area contributed by atoms with E-state index in [1.54, 1.807) is 24.3 Å². The van der Waals surface area contributed by atoms with E-state index in [0.29, 0.717) is 5.75 Å². The molecule has 2 aromatic rings. The lowest BCUT2D eigenvalue weighted by atomic mass is 10.1. The van der Waals surface area contributed by atoms with E-state index in [2.05, 4.69) is 10.2 Å². The van der Waals surface area contributed by atoms with Crippen LogP contribution in [0.25, 0.3) is 0 Å². The second-order valence-corrected chi connectivity index (χ2v) is 6.23. The highest BCUT2D eigenvalue weighted by atomic mass is 16.5. The molecule has 0 bridgehead atoms. The third-order valence-corrected chi connectivity index (χ3v) is 4.34. The largest absolute Gasteiger partial charge is 0.484 e. The highest BCUT2D eigenvalue weighted by Gasteiger charge is 2.17. The lowest BCUT2D eigenvalue weighted by Crippen LogP contribution is -2.29. The summed E-state index contributed by atoms with van der Waals surface area (Å²) in [4.78, 5) is 25.9. The number of amides is 1. The van der Waals surface area contributed by atoms with Crippen LogP contribution in [0.15, 0.2) is 48.5 Å². The molecule has 6 heteroatoms. The van der Waals surface area contributed by atoms with Gasteiger partial charge in [-0.1, -0.05) is 18.2 Å². The molecule has 0 aromatic heterocycles. The zero-order valence-corrected chi connectivity index (χ0v) is 14.5. The van der Waals surface area contributed by atoms with Gasteiger partial charge in [0.05, 0.1) is 11.3 Å². The molecule has 2 aromatic carbocycles. The predicted octanol–water partition coefficient (Wildman–Crippen LogP) is 3.39. The van der Waals surface area contributed by atoms with E-state index in [0.717, 1.165) is 31.6 Å². The number of carbonyl (C=O) groups is 2. The number of ether oxygens (including phenoxy) is 1. The molecule has 0 radical (unpaired) electrons. The van der Waals surface area contributed by atoms with Crippen LogP contribution in [0.5, 0.6) is 5.75 Å². The molecule has 1 heterocycles. The Morgan fingerprint density at radius 3 is 2.46 bits per heavy atom. The Morgan fingerprint density at radius 2 is 1.77 bits per heavy atom.